The number of hydrazone groups is 1. The highest BCUT2D eigenvalue weighted by molar-refractivity contribution is 14.1. The number of nitrogens with one attached hydrogen (secondary N) is 1. The minimum absolute atomic E-state index is 0.132. The van der Waals surface area contributed by atoms with Crippen LogP contribution in [0.3, 0.4) is 0 Å². The molecule has 1 heterocycles. The molecule has 0 saturated carbocycles. The van der Waals surface area contributed by atoms with Gasteiger partial charge in [0.2, 0.25) is 0 Å². The smallest absolute Gasteiger partial charge is 0.272 e. The van der Waals surface area contributed by atoms with Gasteiger partial charge in [-0.05, 0) is 60.1 Å². The van der Waals surface area contributed by atoms with Crippen molar-refractivity contribution in [2.24, 2.45) is 5.10 Å². The lowest BCUT2D eigenvalue weighted by Crippen LogP contribution is -2.18. The van der Waals surface area contributed by atoms with Crippen molar-refractivity contribution >= 4 is 57.3 Å². The van der Waals surface area contributed by atoms with E-state index in [0.717, 1.165) is 48.0 Å². The summed E-state index contributed by atoms with van der Waals surface area (Å²) in [5.74, 6) is 0.702. The summed E-state index contributed by atoms with van der Waals surface area (Å²) in [6.07, 6.45) is 5.48. The number of phenols is 1. The zero-order chi connectivity index (χ0) is 19.0. The standard InChI is InChI=1S/C20H16ClIN2O3/c21-14-7-3-1-5-11(14)20(26)24-23-10-13-18-12-6-2-4-8-16(12)27-17(18)9-15(22)19(13)25/h1,3,5,7,9-10,25H,2,4,6,8H2,(H,24,26)/b23-10-. The van der Waals surface area contributed by atoms with Gasteiger partial charge in [-0.2, -0.15) is 5.10 Å². The number of fused-ring (bicyclic) bond motifs is 3. The number of carbonyl (C=O) groups excluding carboxylic acids is 1. The van der Waals surface area contributed by atoms with Gasteiger partial charge in [0.05, 0.1) is 20.4 Å². The largest absolute Gasteiger partial charge is 0.506 e. The van der Waals surface area contributed by atoms with Crippen LogP contribution in [-0.4, -0.2) is 17.2 Å². The number of halogens is 2. The maximum atomic E-state index is 12.3. The van der Waals surface area contributed by atoms with E-state index in [4.69, 9.17) is 16.0 Å². The third kappa shape index (κ3) is 3.43. The summed E-state index contributed by atoms with van der Waals surface area (Å²) in [5.41, 5.74) is 5.24. The molecule has 0 saturated heterocycles. The second-order valence-corrected chi connectivity index (χ2v) is 7.95. The van der Waals surface area contributed by atoms with Gasteiger partial charge in [-0.25, -0.2) is 5.43 Å². The van der Waals surface area contributed by atoms with Gasteiger partial charge in [-0.1, -0.05) is 23.7 Å². The lowest BCUT2D eigenvalue weighted by Gasteiger charge is -2.10. The average Bonchev–Trinajstić information content (AvgIpc) is 3.02. The fourth-order valence-corrected chi connectivity index (χ4v) is 4.20. The van der Waals surface area contributed by atoms with Gasteiger partial charge >= 0.3 is 0 Å². The third-order valence-corrected chi connectivity index (χ3v) is 5.84. The van der Waals surface area contributed by atoms with Crippen molar-refractivity contribution in [3.8, 4) is 5.75 Å². The van der Waals surface area contributed by atoms with Crippen LogP contribution < -0.4 is 5.43 Å². The van der Waals surface area contributed by atoms with E-state index in [1.807, 2.05) is 6.07 Å². The van der Waals surface area contributed by atoms with E-state index in [0.29, 0.717) is 19.7 Å². The molecule has 0 atom stereocenters. The Kier molecular flexibility index (Phi) is 5.10. The number of carbonyl (C=O) groups is 1. The predicted octanol–water partition coefficient (Wildman–Crippen LogP) is 5.04. The fourth-order valence-electron chi connectivity index (χ4n) is 3.40. The Balaban J connectivity index is 1.70. The zero-order valence-corrected chi connectivity index (χ0v) is 17.2. The van der Waals surface area contributed by atoms with Gasteiger partial charge in [0.1, 0.15) is 17.1 Å². The maximum Gasteiger partial charge on any atom is 0.272 e. The summed E-state index contributed by atoms with van der Waals surface area (Å²) in [4.78, 5) is 12.3. The SMILES string of the molecule is O=C(N/N=C\c1c(O)c(I)cc2oc3c(c12)CCCC3)c1ccccc1Cl. The van der Waals surface area contributed by atoms with E-state index in [1.165, 1.54) is 6.21 Å². The minimum atomic E-state index is -0.410. The molecule has 0 bridgehead atoms. The highest BCUT2D eigenvalue weighted by atomic mass is 127. The van der Waals surface area contributed by atoms with E-state index < -0.39 is 5.91 Å². The van der Waals surface area contributed by atoms with Crippen LogP contribution in [0.1, 0.15) is 40.1 Å². The van der Waals surface area contributed by atoms with Crippen LogP contribution in [0.15, 0.2) is 39.9 Å². The molecule has 0 aliphatic heterocycles. The molecule has 1 aromatic heterocycles. The molecule has 0 spiro atoms. The van der Waals surface area contributed by atoms with Gasteiger partial charge in [-0.3, -0.25) is 4.79 Å². The van der Waals surface area contributed by atoms with E-state index in [9.17, 15) is 9.90 Å². The van der Waals surface area contributed by atoms with Crippen molar-refractivity contribution in [3.63, 3.8) is 0 Å². The van der Waals surface area contributed by atoms with Crippen LogP contribution >= 0.6 is 34.2 Å². The quantitative estimate of drug-likeness (QED) is 0.304. The van der Waals surface area contributed by atoms with Gasteiger partial charge in [0.25, 0.3) is 5.91 Å². The Bertz CT molecular complexity index is 1070. The number of nitrogens with zero attached hydrogens (tertiary/aromatic N) is 1. The topological polar surface area (TPSA) is 74.8 Å². The minimum Gasteiger partial charge on any atom is -0.506 e. The Labute approximate surface area is 174 Å². The fraction of sp³-hybridized carbons (Fsp3) is 0.200. The number of rotatable bonds is 3. The van der Waals surface area contributed by atoms with Gasteiger partial charge in [0.15, 0.2) is 0 Å². The molecule has 0 unspecified atom stereocenters. The summed E-state index contributed by atoms with van der Waals surface area (Å²) >= 11 is 8.10. The van der Waals surface area contributed by atoms with Crippen LogP contribution in [0.5, 0.6) is 5.75 Å². The number of aromatic hydroxyl groups is 1. The first kappa shape index (κ1) is 18.3. The van der Waals surface area contributed by atoms with E-state index in [-0.39, 0.29) is 5.75 Å². The second-order valence-electron chi connectivity index (χ2n) is 6.38. The Morgan fingerprint density at radius 1 is 1.30 bits per heavy atom. The molecule has 0 radical (unpaired) electrons. The van der Waals surface area contributed by atoms with Crippen molar-refractivity contribution in [1.82, 2.24) is 5.43 Å². The van der Waals surface area contributed by atoms with Crippen LogP contribution in [-0.2, 0) is 12.8 Å². The summed E-state index contributed by atoms with van der Waals surface area (Å²) in [7, 11) is 0. The van der Waals surface area contributed by atoms with E-state index in [1.54, 1.807) is 24.3 Å². The summed E-state index contributed by atoms with van der Waals surface area (Å²) in [5, 5.41) is 15.8. The Morgan fingerprint density at radius 3 is 2.89 bits per heavy atom. The first-order chi connectivity index (χ1) is 13.1. The third-order valence-electron chi connectivity index (χ3n) is 4.69. The normalized spacial score (nSPS) is 13.9. The molecular formula is C20H16ClIN2O3. The molecule has 3 aromatic rings. The number of phenolic OH excluding ortho intramolecular Hbond substituents is 1. The molecule has 4 rings (SSSR count). The van der Waals surface area contributed by atoms with Crippen LogP contribution in [0.4, 0.5) is 0 Å². The average molecular weight is 495 g/mol. The molecule has 27 heavy (non-hydrogen) atoms. The second kappa shape index (κ2) is 7.52. The highest BCUT2D eigenvalue weighted by Crippen LogP contribution is 2.39. The molecule has 138 valence electrons. The van der Waals surface area contributed by atoms with Crippen molar-refractivity contribution in [1.29, 1.82) is 0 Å². The van der Waals surface area contributed by atoms with E-state index >= 15 is 0 Å². The molecule has 5 nitrogen and oxygen atoms in total. The molecule has 1 aliphatic carbocycles. The van der Waals surface area contributed by atoms with Gasteiger partial charge in [-0.15, -0.1) is 0 Å². The monoisotopic (exact) mass is 494 g/mol. The lowest BCUT2D eigenvalue weighted by molar-refractivity contribution is 0.0955. The summed E-state index contributed by atoms with van der Waals surface area (Å²) < 4.78 is 6.67. The number of aryl methyl sites for hydroxylation is 2. The zero-order valence-electron chi connectivity index (χ0n) is 14.3. The van der Waals surface area contributed by atoms with Crippen LogP contribution in [0, 0.1) is 3.57 Å². The predicted molar refractivity (Wildman–Crippen MR) is 114 cm³/mol. The van der Waals surface area contributed by atoms with Gasteiger partial charge < -0.3 is 9.52 Å². The van der Waals surface area contributed by atoms with Crippen molar-refractivity contribution in [3.05, 3.63) is 61.4 Å². The number of amides is 1. The first-order valence-electron chi connectivity index (χ1n) is 8.60. The molecule has 2 aromatic carbocycles. The van der Waals surface area contributed by atoms with Gasteiger partial charge in [0, 0.05) is 22.9 Å². The summed E-state index contributed by atoms with van der Waals surface area (Å²) in [6, 6.07) is 8.60. The number of hydrogen-bond acceptors (Lipinski definition) is 4. The first-order valence-corrected chi connectivity index (χ1v) is 10.1. The number of hydrogen-bond donors (Lipinski definition) is 2. The lowest BCUT2D eigenvalue weighted by atomic mass is 9.94. The van der Waals surface area contributed by atoms with Crippen LogP contribution in [0.25, 0.3) is 11.0 Å². The van der Waals surface area contributed by atoms with Crippen LogP contribution in [0.2, 0.25) is 5.02 Å². The van der Waals surface area contributed by atoms with Crippen molar-refractivity contribution in [2.75, 3.05) is 0 Å². The highest BCUT2D eigenvalue weighted by Gasteiger charge is 2.22. The van der Waals surface area contributed by atoms with Crippen molar-refractivity contribution < 1.29 is 14.3 Å². The summed E-state index contributed by atoms with van der Waals surface area (Å²) in [6.45, 7) is 0. The molecule has 1 amide bonds. The molecule has 0 fully saturated rings. The molecular weight excluding hydrogens is 479 g/mol. The number of benzene rings is 2. The molecule has 2 N–H and O–H groups in total. The number of furan rings is 1. The Hall–Kier alpha value is -2.06. The molecule has 1 aliphatic rings. The Morgan fingerprint density at radius 2 is 2.07 bits per heavy atom. The van der Waals surface area contributed by atoms with Crippen molar-refractivity contribution in [2.45, 2.75) is 25.7 Å². The van der Waals surface area contributed by atoms with E-state index in [2.05, 4.69) is 33.1 Å². The molecule has 7 heteroatoms. The maximum absolute atomic E-state index is 12.3.